The highest BCUT2D eigenvalue weighted by Gasteiger charge is 2.23. The fourth-order valence-corrected chi connectivity index (χ4v) is 3.43. The topological polar surface area (TPSA) is 164 Å². The number of ether oxygens (including phenoxy) is 6. The first-order valence-corrected chi connectivity index (χ1v) is 12.1. The van der Waals surface area contributed by atoms with E-state index in [9.17, 15) is 9.59 Å². The summed E-state index contributed by atoms with van der Waals surface area (Å²) in [4.78, 5) is 24.1. The second kappa shape index (κ2) is 14.9. The first kappa shape index (κ1) is 27.3. The van der Waals surface area contributed by atoms with Crippen LogP contribution in [0.3, 0.4) is 0 Å². The van der Waals surface area contributed by atoms with Gasteiger partial charge in [-0.3, -0.25) is 0 Å². The van der Waals surface area contributed by atoms with Crippen LogP contribution in [-0.4, -0.2) is 89.4 Å². The molecule has 0 aromatic heterocycles. The van der Waals surface area contributed by atoms with E-state index in [1.807, 2.05) is 0 Å². The van der Waals surface area contributed by atoms with Crippen LogP contribution in [0.2, 0.25) is 0 Å². The van der Waals surface area contributed by atoms with Crippen molar-refractivity contribution in [1.29, 1.82) is 0 Å². The van der Waals surface area contributed by atoms with Crippen molar-refractivity contribution in [3.05, 3.63) is 46.8 Å². The van der Waals surface area contributed by atoms with Gasteiger partial charge < -0.3 is 28.4 Å². The summed E-state index contributed by atoms with van der Waals surface area (Å²) in [6, 6.07) is 0. The number of esters is 2. The monoisotopic (exact) mass is 528 g/mol. The molecule has 0 radical (unpaired) electrons. The SMILES string of the molecule is O=C(OCCOCCOCCOCCOCCOC(=O)C1=CC=C2N=NN=C2C1)C1=CC=C2N=NN=C2C1. The zero-order valence-corrected chi connectivity index (χ0v) is 20.7. The maximum atomic E-state index is 12.1. The van der Waals surface area contributed by atoms with Gasteiger partial charge in [-0.25, -0.2) is 9.59 Å². The smallest absolute Gasteiger partial charge is 0.334 e. The van der Waals surface area contributed by atoms with Crippen molar-refractivity contribution >= 4 is 23.4 Å². The molecule has 0 aromatic carbocycles. The molecule has 202 valence electrons. The predicted octanol–water partition coefficient (Wildman–Crippen LogP) is 2.21. The third-order valence-corrected chi connectivity index (χ3v) is 5.39. The molecule has 2 aliphatic carbocycles. The molecular formula is C24H28N6O8. The Hall–Kier alpha value is -3.72. The molecule has 4 rings (SSSR count). The molecule has 0 bridgehead atoms. The lowest BCUT2D eigenvalue weighted by atomic mass is 10.0. The quantitative estimate of drug-likeness (QED) is 0.205. The fraction of sp³-hybridized carbons (Fsp3) is 0.500. The number of hydrogen-bond acceptors (Lipinski definition) is 14. The van der Waals surface area contributed by atoms with Crippen molar-refractivity contribution in [2.75, 3.05) is 66.1 Å². The number of fused-ring (bicyclic) bond motifs is 2. The van der Waals surface area contributed by atoms with Crippen molar-refractivity contribution < 1.29 is 38.0 Å². The van der Waals surface area contributed by atoms with E-state index in [0.717, 1.165) is 0 Å². The number of nitrogens with zero attached hydrogens (tertiary/aromatic N) is 6. The van der Waals surface area contributed by atoms with E-state index < -0.39 is 11.9 Å². The Bertz CT molecular complexity index is 1050. The normalized spacial score (nSPS) is 17.1. The van der Waals surface area contributed by atoms with Crippen LogP contribution in [0.15, 0.2) is 77.7 Å². The molecule has 0 saturated carbocycles. The van der Waals surface area contributed by atoms with Crippen molar-refractivity contribution in [1.82, 2.24) is 0 Å². The van der Waals surface area contributed by atoms with Crippen LogP contribution in [0.25, 0.3) is 0 Å². The predicted molar refractivity (Wildman–Crippen MR) is 131 cm³/mol. The van der Waals surface area contributed by atoms with Gasteiger partial charge in [0.25, 0.3) is 0 Å². The van der Waals surface area contributed by atoms with E-state index in [-0.39, 0.29) is 26.4 Å². The maximum absolute atomic E-state index is 12.1. The zero-order chi connectivity index (χ0) is 26.4. The van der Waals surface area contributed by atoms with Crippen LogP contribution < -0.4 is 0 Å². The molecule has 0 fully saturated rings. The number of rotatable bonds is 17. The summed E-state index contributed by atoms with van der Waals surface area (Å²) < 4.78 is 32.0. The molecule has 0 unspecified atom stereocenters. The van der Waals surface area contributed by atoms with Gasteiger partial charge in [-0.05, 0) is 34.8 Å². The molecule has 14 nitrogen and oxygen atoms in total. The molecular weight excluding hydrogens is 500 g/mol. The Kier molecular flexibility index (Phi) is 10.7. The average molecular weight is 529 g/mol. The minimum Gasteiger partial charge on any atom is -0.460 e. The lowest BCUT2D eigenvalue weighted by Crippen LogP contribution is -2.18. The summed E-state index contributed by atoms with van der Waals surface area (Å²) in [6.07, 6.45) is 7.46. The second-order valence-electron chi connectivity index (χ2n) is 8.03. The Morgan fingerprint density at radius 3 is 1.32 bits per heavy atom. The van der Waals surface area contributed by atoms with Gasteiger partial charge in [0, 0.05) is 24.0 Å². The van der Waals surface area contributed by atoms with Gasteiger partial charge in [-0.15, -0.1) is 20.4 Å². The molecule has 38 heavy (non-hydrogen) atoms. The summed E-state index contributed by atoms with van der Waals surface area (Å²) in [7, 11) is 0. The largest absolute Gasteiger partial charge is 0.460 e. The molecule has 0 amide bonds. The van der Waals surface area contributed by atoms with Crippen LogP contribution in [0, 0.1) is 0 Å². The van der Waals surface area contributed by atoms with Crippen molar-refractivity contribution in [2.24, 2.45) is 30.9 Å². The van der Waals surface area contributed by atoms with E-state index in [2.05, 4.69) is 30.9 Å². The van der Waals surface area contributed by atoms with Crippen molar-refractivity contribution in [3.8, 4) is 0 Å². The number of allylic oxidation sites excluding steroid dienone is 6. The Morgan fingerprint density at radius 1 is 0.553 bits per heavy atom. The minimum atomic E-state index is -0.404. The zero-order valence-electron chi connectivity index (χ0n) is 20.7. The Labute approximate surface area is 218 Å². The number of hydrogen-bond donors (Lipinski definition) is 0. The minimum absolute atomic E-state index is 0.148. The van der Waals surface area contributed by atoms with Gasteiger partial charge in [0.1, 0.15) is 24.6 Å². The van der Waals surface area contributed by atoms with Crippen LogP contribution >= 0.6 is 0 Å². The summed E-state index contributed by atoms with van der Waals surface area (Å²) in [5.74, 6) is -0.808. The van der Waals surface area contributed by atoms with Crippen LogP contribution in [-0.2, 0) is 38.0 Å². The van der Waals surface area contributed by atoms with Gasteiger partial charge in [0.2, 0.25) is 0 Å². The van der Waals surface area contributed by atoms with Crippen molar-refractivity contribution in [3.63, 3.8) is 0 Å². The van der Waals surface area contributed by atoms with E-state index >= 15 is 0 Å². The van der Waals surface area contributed by atoms with Crippen molar-refractivity contribution in [2.45, 2.75) is 12.8 Å². The highest BCUT2D eigenvalue weighted by molar-refractivity contribution is 6.09. The first-order chi connectivity index (χ1) is 18.7. The molecule has 4 aliphatic rings. The van der Waals surface area contributed by atoms with E-state index in [0.29, 0.717) is 86.4 Å². The highest BCUT2D eigenvalue weighted by Crippen LogP contribution is 2.23. The fourth-order valence-electron chi connectivity index (χ4n) is 3.43. The molecule has 2 aliphatic heterocycles. The second-order valence-corrected chi connectivity index (χ2v) is 8.03. The molecule has 14 heteroatoms. The van der Waals surface area contributed by atoms with Gasteiger partial charge in [0.15, 0.2) is 0 Å². The molecule has 2 heterocycles. The van der Waals surface area contributed by atoms with E-state index in [1.165, 1.54) is 0 Å². The Balaban J connectivity index is 0.886. The summed E-state index contributed by atoms with van der Waals surface area (Å²) >= 11 is 0. The Morgan fingerprint density at radius 2 is 0.921 bits per heavy atom. The van der Waals surface area contributed by atoms with Crippen LogP contribution in [0.4, 0.5) is 0 Å². The molecule has 0 atom stereocenters. The summed E-state index contributed by atoms with van der Waals surface area (Å²) in [5, 5.41) is 22.6. The lowest BCUT2D eigenvalue weighted by molar-refractivity contribution is -0.141. The first-order valence-electron chi connectivity index (χ1n) is 12.1. The molecule has 0 N–H and O–H groups in total. The maximum Gasteiger partial charge on any atom is 0.334 e. The number of carbonyl (C=O) groups is 2. The van der Waals surface area contributed by atoms with Gasteiger partial charge in [-0.2, -0.15) is 0 Å². The summed E-state index contributed by atoms with van der Waals surface area (Å²) in [6.45, 7) is 3.22. The third-order valence-electron chi connectivity index (χ3n) is 5.39. The molecule has 0 spiro atoms. The van der Waals surface area contributed by atoms with Crippen LogP contribution in [0.1, 0.15) is 12.8 Å². The standard InChI is InChI=1S/C24H28N6O8/c31-23(17-1-3-19-21(15-17)27-29-25-19)37-13-11-35-9-7-33-5-6-34-8-10-36-12-14-38-24(32)18-2-4-20-22(16-18)28-30-26-20/h1-4H,5-16H2. The number of carbonyl (C=O) groups excluding carboxylic acids is 2. The van der Waals surface area contributed by atoms with E-state index in [4.69, 9.17) is 28.4 Å². The summed E-state index contributed by atoms with van der Waals surface area (Å²) in [5.41, 5.74) is 3.71. The van der Waals surface area contributed by atoms with Gasteiger partial charge in [0.05, 0.1) is 64.3 Å². The third kappa shape index (κ3) is 8.41. The van der Waals surface area contributed by atoms with Crippen LogP contribution in [0.5, 0.6) is 0 Å². The molecule has 0 aromatic rings. The van der Waals surface area contributed by atoms with E-state index in [1.54, 1.807) is 24.3 Å². The van der Waals surface area contributed by atoms with Gasteiger partial charge >= 0.3 is 11.9 Å². The molecule has 0 saturated heterocycles. The van der Waals surface area contributed by atoms with Gasteiger partial charge in [-0.1, -0.05) is 0 Å². The lowest BCUT2D eigenvalue weighted by Gasteiger charge is -2.11. The highest BCUT2D eigenvalue weighted by atomic mass is 16.6. The average Bonchev–Trinajstić information content (AvgIpc) is 3.61.